The largest absolute Gasteiger partial charge is 0.380 e. The third-order valence-corrected chi connectivity index (χ3v) is 4.07. The van der Waals surface area contributed by atoms with E-state index in [2.05, 4.69) is 5.32 Å². The van der Waals surface area contributed by atoms with Gasteiger partial charge in [0.15, 0.2) is 0 Å². The molecule has 0 bridgehead atoms. The highest BCUT2D eigenvalue weighted by Gasteiger charge is 2.06. The van der Waals surface area contributed by atoms with Crippen LogP contribution >= 0.6 is 22.9 Å². The summed E-state index contributed by atoms with van der Waals surface area (Å²) in [7, 11) is 3.90. The van der Waals surface area contributed by atoms with E-state index in [0.29, 0.717) is 17.1 Å². The molecule has 0 saturated carbocycles. The van der Waals surface area contributed by atoms with E-state index < -0.39 is 5.91 Å². The van der Waals surface area contributed by atoms with Crippen LogP contribution in [-0.2, 0) is 6.54 Å². The predicted octanol–water partition coefficient (Wildman–Crippen LogP) is 3.18. The molecule has 0 aliphatic heterocycles. The Balaban J connectivity index is 2.03. The van der Waals surface area contributed by atoms with E-state index in [1.54, 1.807) is 11.4 Å². The van der Waals surface area contributed by atoms with E-state index in [0.717, 1.165) is 16.3 Å². The fourth-order valence-corrected chi connectivity index (χ4v) is 2.93. The van der Waals surface area contributed by atoms with Crippen LogP contribution in [0.15, 0.2) is 29.6 Å². The van der Waals surface area contributed by atoms with E-state index in [4.69, 9.17) is 17.3 Å². The zero-order valence-corrected chi connectivity index (χ0v) is 12.9. The summed E-state index contributed by atoms with van der Waals surface area (Å²) in [5, 5.41) is 5.74. The zero-order valence-electron chi connectivity index (χ0n) is 11.3. The van der Waals surface area contributed by atoms with E-state index in [1.807, 2.05) is 37.2 Å². The molecule has 1 heterocycles. The monoisotopic (exact) mass is 309 g/mol. The van der Waals surface area contributed by atoms with Crippen molar-refractivity contribution in [2.24, 2.45) is 5.73 Å². The van der Waals surface area contributed by atoms with Crippen molar-refractivity contribution >= 4 is 40.2 Å². The lowest BCUT2D eigenvalue weighted by molar-refractivity contribution is 0.100. The number of carbonyl (C=O) groups is 1. The normalized spacial score (nSPS) is 10.3. The molecule has 1 amide bonds. The molecule has 6 heteroatoms. The second kappa shape index (κ2) is 6.15. The van der Waals surface area contributed by atoms with Gasteiger partial charge in [0.25, 0.3) is 0 Å². The predicted molar refractivity (Wildman–Crippen MR) is 85.9 cm³/mol. The van der Waals surface area contributed by atoms with Crippen molar-refractivity contribution in [3.63, 3.8) is 0 Å². The summed E-state index contributed by atoms with van der Waals surface area (Å²) in [5.74, 6) is -0.397. The second-order valence-corrected chi connectivity index (χ2v) is 5.98. The third-order valence-electron chi connectivity index (χ3n) is 2.83. The van der Waals surface area contributed by atoms with Crippen LogP contribution < -0.4 is 16.0 Å². The number of nitrogens with one attached hydrogen (secondary N) is 1. The first-order valence-electron chi connectivity index (χ1n) is 6.05. The van der Waals surface area contributed by atoms with Gasteiger partial charge in [-0.2, -0.15) is 0 Å². The highest BCUT2D eigenvalue weighted by atomic mass is 35.5. The molecule has 0 unspecified atom stereocenters. The molecule has 0 atom stereocenters. The van der Waals surface area contributed by atoms with E-state index in [1.165, 1.54) is 11.3 Å². The Hall–Kier alpha value is -1.72. The molecule has 0 aliphatic rings. The number of rotatable bonds is 5. The molecule has 0 saturated heterocycles. The second-order valence-electron chi connectivity index (χ2n) is 4.58. The van der Waals surface area contributed by atoms with Crippen LogP contribution in [0.3, 0.4) is 0 Å². The Morgan fingerprint density at radius 3 is 2.70 bits per heavy atom. The SMILES string of the molecule is CN(C)c1ccc(NCc2cc(C(N)=O)cs2)cc1Cl. The number of amides is 1. The van der Waals surface area contributed by atoms with Gasteiger partial charge >= 0.3 is 0 Å². The molecule has 0 aliphatic carbocycles. The number of hydrogen-bond acceptors (Lipinski definition) is 4. The van der Waals surface area contributed by atoms with Crippen molar-refractivity contribution in [2.45, 2.75) is 6.54 Å². The lowest BCUT2D eigenvalue weighted by Gasteiger charge is -2.15. The number of hydrogen-bond donors (Lipinski definition) is 2. The molecule has 106 valence electrons. The summed E-state index contributed by atoms with van der Waals surface area (Å²) in [6.45, 7) is 0.635. The molecule has 0 fully saturated rings. The average molecular weight is 310 g/mol. The molecule has 1 aromatic heterocycles. The summed E-state index contributed by atoms with van der Waals surface area (Å²) in [6.07, 6.45) is 0. The van der Waals surface area contributed by atoms with Gasteiger partial charge in [-0.25, -0.2) is 0 Å². The number of thiophene rings is 1. The van der Waals surface area contributed by atoms with E-state index in [9.17, 15) is 4.79 Å². The Bertz CT molecular complexity index is 625. The minimum Gasteiger partial charge on any atom is -0.380 e. The molecule has 2 aromatic rings. The standard InChI is InChI=1S/C14H16ClN3OS/c1-18(2)13-4-3-10(6-12(13)15)17-7-11-5-9(8-20-11)14(16)19/h3-6,8,17H,7H2,1-2H3,(H2,16,19). The minimum atomic E-state index is -0.397. The summed E-state index contributed by atoms with van der Waals surface area (Å²) >= 11 is 7.72. The fourth-order valence-electron chi connectivity index (χ4n) is 1.77. The van der Waals surface area contributed by atoms with Crippen LogP contribution in [0.5, 0.6) is 0 Å². The topological polar surface area (TPSA) is 58.4 Å². The number of primary amides is 1. The van der Waals surface area contributed by atoms with Gasteiger partial charge in [0.1, 0.15) is 0 Å². The first-order valence-corrected chi connectivity index (χ1v) is 7.31. The van der Waals surface area contributed by atoms with E-state index >= 15 is 0 Å². The van der Waals surface area contributed by atoms with Gasteiger partial charge in [-0.1, -0.05) is 11.6 Å². The lowest BCUT2D eigenvalue weighted by Crippen LogP contribution is -2.09. The number of carbonyl (C=O) groups excluding carboxylic acids is 1. The van der Waals surface area contributed by atoms with Crippen LogP contribution in [0.2, 0.25) is 5.02 Å². The number of halogens is 1. The van der Waals surface area contributed by atoms with Crippen LogP contribution in [-0.4, -0.2) is 20.0 Å². The Morgan fingerprint density at radius 1 is 1.40 bits per heavy atom. The number of nitrogens with zero attached hydrogens (tertiary/aromatic N) is 1. The number of anilines is 2. The minimum absolute atomic E-state index is 0.397. The van der Waals surface area contributed by atoms with Crippen LogP contribution in [0.4, 0.5) is 11.4 Å². The number of benzene rings is 1. The summed E-state index contributed by atoms with van der Waals surface area (Å²) in [5.41, 5.74) is 7.69. The molecule has 1 aromatic carbocycles. The molecular formula is C14H16ClN3OS. The summed E-state index contributed by atoms with van der Waals surface area (Å²) in [4.78, 5) is 14.0. The van der Waals surface area contributed by atoms with Crippen molar-refractivity contribution < 1.29 is 4.79 Å². The van der Waals surface area contributed by atoms with Gasteiger partial charge < -0.3 is 16.0 Å². The smallest absolute Gasteiger partial charge is 0.249 e. The van der Waals surface area contributed by atoms with Crippen molar-refractivity contribution in [1.29, 1.82) is 0 Å². The molecule has 2 rings (SSSR count). The maximum Gasteiger partial charge on any atom is 0.249 e. The molecule has 20 heavy (non-hydrogen) atoms. The highest BCUT2D eigenvalue weighted by Crippen LogP contribution is 2.27. The highest BCUT2D eigenvalue weighted by molar-refractivity contribution is 7.10. The van der Waals surface area contributed by atoms with Crippen LogP contribution in [0.1, 0.15) is 15.2 Å². The Labute approximate surface area is 127 Å². The third kappa shape index (κ3) is 3.43. The Morgan fingerprint density at radius 2 is 2.15 bits per heavy atom. The van der Waals surface area contributed by atoms with Gasteiger partial charge in [-0.15, -0.1) is 11.3 Å². The molecular weight excluding hydrogens is 294 g/mol. The molecule has 0 radical (unpaired) electrons. The first kappa shape index (κ1) is 14.7. The van der Waals surface area contributed by atoms with E-state index in [-0.39, 0.29) is 0 Å². The van der Waals surface area contributed by atoms with Crippen molar-refractivity contribution in [1.82, 2.24) is 0 Å². The Kier molecular flexibility index (Phi) is 4.52. The van der Waals surface area contributed by atoms with Crippen molar-refractivity contribution in [2.75, 3.05) is 24.3 Å². The molecule has 4 nitrogen and oxygen atoms in total. The van der Waals surface area contributed by atoms with Gasteiger partial charge in [0.2, 0.25) is 5.91 Å². The number of nitrogens with two attached hydrogens (primary N) is 1. The van der Waals surface area contributed by atoms with Crippen molar-refractivity contribution in [3.05, 3.63) is 45.1 Å². The lowest BCUT2D eigenvalue weighted by atomic mass is 10.2. The first-order chi connectivity index (χ1) is 9.47. The van der Waals surface area contributed by atoms with Crippen LogP contribution in [0.25, 0.3) is 0 Å². The summed E-state index contributed by atoms with van der Waals surface area (Å²) < 4.78 is 0. The summed E-state index contributed by atoms with van der Waals surface area (Å²) in [6, 6.07) is 7.63. The average Bonchev–Trinajstić information content (AvgIpc) is 2.85. The maximum absolute atomic E-state index is 11.0. The van der Waals surface area contributed by atoms with Gasteiger partial charge in [-0.05, 0) is 24.3 Å². The van der Waals surface area contributed by atoms with Gasteiger partial charge in [0.05, 0.1) is 16.3 Å². The molecule has 3 N–H and O–H groups in total. The maximum atomic E-state index is 11.0. The molecule has 0 spiro atoms. The van der Waals surface area contributed by atoms with Gasteiger partial charge in [0, 0.05) is 36.6 Å². The van der Waals surface area contributed by atoms with Gasteiger partial charge in [-0.3, -0.25) is 4.79 Å². The fraction of sp³-hybridized carbons (Fsp3) is 0.214. The van der Waals surface area contributed by atoms with Crippen LogP contribution in [0, 0.1) is 0 Å². The van der Waals surface area contributed by atoms with Crippen molar-refractivity contribution in [3.8, 4) is 0 Å². The quantitative estimate of drug-likeness (QED) is 0.892. The zero-order chi connectivity index (χ0) is 14.7.